The lowest BCUT2D eigenvalue weighted by Gasteiger charge is -2.38. The predicted octanol–water partition coefficient (Wildman–Crippen LogP) is 6.06. The molecular formula is C16H34. The fourth-order valence-electron chi connectivity index (χ4n) is 2.54. The second kappa shape index (κ2) is 8.14. The maximum absolute atomic E-state index is 2.47. The van der Waals surface area contributed by atoms with Crippen LogP contribution in [0.25, 0.3) is 0 Å². The predicted molar refractivity (Wildman–Crippen MR) is 75.8 cm³/mol. The van der Waals surface area contributed by atoms with E-state index < -0.39 is 0 Å². The van der Waals surface area contributed by atoms with E-state index in [-0.39, 0.29) is 0 Å². The highest BCUT2D eigenvalue weighted by molar-refractivity contribution is 4.80. The summed E-state index contributed by atoms with van der Waals surface area (Å²) in [6, 6.07) is 0. The van der Waals surface area contributed by atoms with Crippen LogP contribution >= 0.6 is 0 Å². The molecule has 2 atom stereocenters. The van der Waals surface area contributed by atoms with Gasteiger partial charge in [-0.2, -0.15) is 0 Å². The Hall–Kier alpha value is 0. The molecule has 0 rings (SSSR count). The Morgan fingerprint density at radius 3 is 1.81 bits per heavy atom. The molecule has 0 aromatic heterocycles. The maximum Gasteiger partial charge on any atom is -0.0303 e. The monoisotopic (exact) mass is 226 g/mol. The van der Waals surface area contributed by atoms with E-state index in [1.807, 2.05) is 0 Å². The van der Waals surface area contributed by atoms with E-state index in [9.17, 15) is 0 Å². The first-order valence-corrected chi connectivity index (χ1v) is 7.46. The van der Waals surface area contributed by atoms with Crippen molar-refractivity contribution in [2.45, 2.75) is 86.5 Å². The second-order valence-corrected chi connectivity index (χ2v) is 6.26. The van der Waals surface area contributed by atoms with Crippen molar-refractivity contribution in [2.75, 3.05) is 0 Å². The summed E-state index contributed by atoms with van der Waals surface area (Å²) in [5.41, 5.74) is 0.516. The summed E-state index contributed by atoms with van der Waals surface area (Å²) in [4.78, 5) is 0. The smallest absolute Gasteiger partial charge is 0.0303 e. The summed E-state index contributed by atoms with van der Waals surface area (Å²) in [7, 11) is 0. The van der Waals surface area contributed by atoms with Gasteiger partial charge in [0.2, 0.25) is 0 Å². The van der Waals surface area contributed by atoms with Crippen LogP contribution < -0.4 is 0 Å². The van der Waals surface area contributed by atoms with Crippen molar-refractivity contribution < 1.29 is 0 Å². The maximum atomic E-state index is 2.47. The van der Waals surface area contributed by atoms with Crippen LogP contribution in [0.2, 0.25) is 0 Å². The molecule has 0 N–H and O–H groups in total. The molecule has 0 heteroatoms. The van der Waals surface area contributed by atoms with Gasteiger partial charge in [0, 0.05) is 0 Å². The zero-order valence-electron chi connectivity index (χ0n) is 12.6. The van der Waals surface area contributed by atoms with E-state index in [2.05, 4.69) is 41.5 Å². The molecule has 16 heavy (non-hydrogen) atoms. The molecule has 0 bridgehead atoms. The molecule has 0 aromatic rings. The van der Waals surface area contributed by atoms with E-state index in [1.165, 1.54) is 44.9 Å². The average molecular weight is 226 g/mol. The fraction of sp³-hybridized carbons (Fsp3) is 1.00. The van der Waals surface area contributed by atoms with Crippen LogP contribution in [-0.4, -0.2) is 0 Å². The first kappa shape index (κ1) is 16.0. The Balaban J connectivity index is 3.97. The highest BCUT2D eigenvalue weighted by Gasteiger charge is 2.30. The largest absolute Gasteiger partial charge is 0.0654 e. The van der Waals surface area contributed by atoms with Gasteiger partial charge < -0.3 is 0 Å². The molecule has 0 aromatic carbocycles. The minimum atomic E-state index is 0.516. The highest BCUT2D eigenvalue weighted by Crippen LogP contribution is 2.39. The van der Waals surface area contributed by atoms with Gasteiger partial charge in [-0.05, 0) is 17.3 Å². The Kier molecular flexibility index (Phi) is 8.14. The number of hydrogen-bond donors (Lipinski definition) is 0. The van der Waals surface area contributed by atoms with Gasteiger partial charge in [0.05, 0.1) is 0 Å². The summed E-state index contributed by atoms with van der Waals surface area (Å²) in [5, 5.41) is 0. The van der Waals surface area contributed by atoms with E-state index >= 15 is 0 Å². The Bertz CT molecular complexity index is 157. The van der Waals surface area contributed by atoms with Crippen molar-refractivity contribution in [3.05, 3.63) is 0 Å². The molecule has 0 saturated carbocycles. The molecule has 0 aliphatic heterocycles. The minimum absolute atomic E-state index is 0.516. The standard InChI is InChI=1S/C16H34/c1-7-9-10-11-13-15(4)16(5,6)14(3)12-8-2/h14-15H,7-13H2,1-6H3. The third-order valence-electron chi connectivity index (χ3n) is 4.75. The Morgan fingerprint density at radius 2 is 1.31 bits per heavy atom. The molecule has 0 fully saturated rings. The van der Waals surface area contributed by atoms with Gasteiger partial charge in [-0.1, -0.05) is 86.5 Å². The summed E-state index contributed by atoms with van der Waals surface area (Å²) in [6.07, 6.45) is 9.75. The van der Waals surface area contributed by atoms with Crippen molar-refractivity contribution in [3.63, 3.8) is 0 Å². The SMILES string of the molecule is CCCCCCC(C)C(C)(C)C(C)CCC. The Morgan fingerprint density at radius 1 is 0.750 bits per heavy atom. The average Bonchev–Trinajstić information content (AvgIpc) is 2.24. The first-order chi connectivity index (χ1) is 7.46. The van der Waals surface area contributed by atoms with Crippen molar-refractivity contribution in [1.82, 2.24) is 0 Å². The Labute approximate surface area is 104 Å². The van der Waals surface area contributed by atoms with Gasteiger partial charge in [0.1, 0.15) is 0 Å². The molecule has 0 radical (unpaired) electrons. The molecule has 0 nitrogen and oxygen atoms in total. The highest BCUT2D eigenvalue weighted by atomic mass is 14.4. The second-order valence-electron chi connectivity index (χ2n) is 6.26. The van der Waals surface area contributed by atoms with Gasteiger partial charge in [0.25, 0.3) is 0 Å². The molecule has 0 saturated heterocycles. The summed E-state index contributed by atoms with van der Waals surface area (Å²) in [5.74, 6) is 1.73. The van der Waals surface area contributed by atoms with Crippen LogP contribution in [0.5, 0.6) is 0 Å². The van der Waals surface area contributed by atoms with Crippen LogP contribution in [0.15, 0.2) is 0 Å². The topological polar surface area (TPSA) is 0 Å². The van der Waals surface area contributed by atoms with Crippen LogP contribution in [0.1, 0.15) is 86.5 Å². The molecule has 0 spiro atoms. The zero-order valence-corrected chi connectivity index (χ0v) is 12.6. The molecule has 2 unspecified atom stereocenters. The molecule has 98 valence electrons. The molecule has 0 aliphatic carbocycles. The number of hydrogen-bond acceptors (Lipinski definition) is 0. The van der Waals surface area contributed by atoms with E-state index in [0.29, 0.717) is 5.41 Å². The van der Waals surface area contributed by atoms with Gasteiger partial charge in [0.15, 0.2) is 0 Å². The summed E-state index contributed by atoms with van der Waals surface area (Å²) < 4.78 is 0. The van der Waals surface area contributed by atoms with Gasteiger partial charge in [-0.25, -0.2) is 0 Å². The van der Waals surface area contributed by atoms with Crippen LogP contribution in [0.4, 0.5) is 0 Å². The first-order valence-electron chi connectivity index (χ1n) is 7.46. The van der Waals surface area contributed by atoms with Crippen molar-refractivity contribution >= 4 is 0 Å². The quantitative estimate of drug-likeness (QED) is 0.419. The van der Waals surface area contributed by atoms with Crippen LogP contribution in [-0.2, 0) is 0 Å². The van der Waals surface area contributed by atoms with E-state index in [4.69, 9.17) is 0 Å². The lowest BCUT2D eigenvalue weighted by Crippen LogP contribution is -2.29. The summed E-state index contributed by atoms with van der Waals surface area (Å²) in [6.45, 7) is 14.4. The van der Waals surface area contributed by atoms with E-state index in [1.54, 1.807) is 0 Å². The minimum Gasteiger partial charge on any atom is -0.0654 e. The van der Waals surface area contributed by atoms with Crippen LogP contribution in [0, 0.1) is 17.3 Å². The van der Waals surface area contributed by atoms with Crippen molar-refractivity contribution in [3.8, 4) is 0 Å². The van der Waals surface area contributed by atoms with Crippen molar-refractivity contribution in [1.29, 1.82) is 0 Å². The normalized spacial score (nSPS) is 16.1. The van der Waals surface area contributed by atoms with Gasteiger partial charge >= 0.3 is 0 Å². The molecule has 0 aliphatic rings. The molecule has 0 amide bonds. The lowest BCUT2D eigenvalue weighted by atomic mass is 9.68. The third-order valence-corrected chi connectivity index (χ3v) is 4.75. The molecule has 0 heterocycles. The van der Waals surface area contributed by atoms with E-state index in [0.717, 1.165) is 11.8 Å². The molecular weight excluding hydrogens is 192 g/mol. The fourth-order valence-corrected chi connectivity index (χ4v) is 2.54. The zero-order chi connectivity index (χ0) is 12.6. The summed E-state index contributed by atoms with van der Waals surface area (Å²) >= 11 is 0. The number of unbranched alkanes of at least 4 members (excludes halogenated alkanes) is 3. The third kappa shape index (κ3) is 5.37. The van der Waals surface area contributed by atoms with Crippen molar-refractivity contribution in [2.24, 2.45) is 17.3 Å². The van der Waals surface area contributed by atoms with Gasteiger partial charge in [-0.3, -0.25) is 0 Å². The van der Waals surface area contributed by atoms with Gasteiger partial charge in [-0.15, -0.1) is 0 Å². The lowest BCUT2D eigenvalue weighted by molar-refractivity contribution is 0.121. The number of rotatable bonds is 9. The van der Waals surface area contributed by atoms with Crippen LogP contribution in [0.3, 0.4) is 0 Å².